The van der Waals surface area contributed by atoms with E-state index in [-0.39, 0.29) is 12.5 Å². The van der Waals surface area contributed by atoms with Gasteiger partial charge in [-0.1, -0.05) is 18.2 Å². The van der Waals surface area contributed by atoms with Gasteiger partial charge in [-0.2, -0.15) is 0 Å². The Bertz CT molecular complexity index is 619. The van der Waals surface area contributed by atoms with Crippen LogP contribution in [0, 0.1) is 6.92 Å². The van der Waals surface area contributed by atoms with Gasteiger partial charge >= 0.3 is 0 Å². The predicted molar refractivity (Wildman–Crippen MR) is 78.4 cm³/mol. The molecular weight excluding hydrogens is 254 g/mol. The van der Waals surface area contributed by atoms with E-state index >= 15 is 0 Å². The third-order valence-corrected chi connectivity index (χ3v) is 3.34. The molecule has 5 nitrogen and oxygen atoms in total. The lowest BCUT2D eigenvalue weighted by atomic mass is 10.1. The maximum absolute atomic E-state index is 11.5. The molecule has 106 valence electrons. The van der Waals surface area contributed by atoms with E-state index in [4.69, 9.17) is 0 Å². The zero-order chi connectivity index (χ0) is 14.5. The van der Waals surface area contributed by atoms with Crippen LogP contribution in [0.3, 0.4) is 0 Å². The highest BCUT2D eigenvalue weighted by molar-refractivity contribution is 5.84. The van der Waals surface area contributed by atoms with Crippen LogP contribution in [-0.2, 0) is 16.0 Å². The van der Waals surface area contributed by atoms with Crippen molar-refractivity contribution in [1.29, 1.82) is 0 Å². The van der Waals surface area contributed by atoms with E-state index in [9.17, 15) is 9.59 Å². The van der Waals surface area contributed by atoms with Crippen molar-refractivity contribution in [3.05, 3.63) is 35.5 Å². The molecule has 0 saturated heterocycles. The minimum absolute atomic E-state index is 0.0924. The molecule has 0 atom stereocenters. The number of H-pyrrole nitrogens is 1. The van der Waals surface area contributed by atoms with Gasteiger partial charge in [0.05, 0.1) is 6.54 Å². The maximum atomic E-state index is 11.5. The third kappa shape index (κ3) is 3.17. The van der Waals surface area contributed by atoms with Gasteiger partial charge in [0, 0.05) is 36.6 Å². The van der Waals surface area contributed by atoms with Gasteiger partial charge in [-0.15, -0.1) is 0 Å². The highest BCUT2D eigenvalue weighted by Crippen LogP contribution is 2.21. The van der Waals surface area contributed by atoms with E-state index in [0.717, 1.165) is 17.6 Å². The van der Waals surface area contributed by atoms with Crippen LogP contribution >= 0.6 is 0 Å². The van der Waals surface area contributed by atoms with E-state index < -0.39 is 0 Å². The van der Waals surface area contributed by atoms with Gasteiger partial charge in [-0.3, -0.25) is 9.59 Å². The number of nitrogens with zero attached hydrogens (tertiary/aromatic N) is 1. The summed E-state index contributed by atoms with van der Waals surface area (Å²) in [6, 6.07) is 8.15. The number of amides is 2. The van der Waals surface area contributed by atoms with Crippen molar-refractivity contribution < 1.29 is 9.59 Å². The van der Waals surface area contributed by atoms with Crippen molar-refractivity contribution >= 4 is 23.2 Å². The summed E-state index contributed by atoms with van der Waals surface area (Å²) in [5, 5.41) is 4.03. The fraction of sp³-hybridized carbons (Fsp3) is 0.333. The normalized spacial score (nSPS) is 10.5. The van der Waals surface area contributed by atoms with Crippen LogP contribution in [0.25, 0.3) is 10.9 Å². The summed E-state index contributed by atoms with van der Waals surface area (Å²) < 4.78 is 0. The second-order valence-corrected chi connectivity index (χ2v) is 4.89. The standard InChI is InChI=1S/C15H19N3O2/c1-11-12-5-3-4-6-14(12)17-13(11)7-8-16-15(20)9-18(2)10-19/h3-6,10,17H,7-9H2,1-2H3,(H,16,20). The molecule has 2 rings (SSSR count). The number of para-hydroxylation sites is 1. The highest BCUT2D eigenvalue weighted by atomic mass is 16.2. The van der Waals surface area contributed by atoms with Crippen LogP contribution in [0.5, 0.6) is 0 Å². The summed E-state index contributed by atoms with van der Waals surface area (Å²) >= 11 is 0. The lowest BCUT2D eigenvalue weighted by molar-refractivity contribution is -0.127. The molecule has 2 amide bonds. The number of hydrogen-bond donors (Lipinski definition) is 2. The molecule has 0 bridgehead atoms. The Morgan fingerprint density at radius 3 is 2.85 bits per heavy atom. The summed E-state index contributed by atoms with van der Waals surface area (Å²) in [5.41, 5.74) is 3.47. The van der Waals surface area contributed by atoms with Crippen LogP contribution in [0.15, 0.2) is 24.3 Å². The van der Waals surface area contributed by atoms with Crippen LogP contribution in [0.4, 0.5) is 0 Å². The van der Waals surface area contributed by atoms with Crippen LogP contribution < -0.4 is 5.32 Å². The zero-order valence-electron chi connectivity index (χ0n) is 11.8. The van der Waals surface area contributed by atoms with Crippen molar-refractivity contribution in [2.45, 2.75) is 13.3 Å². The number of aromatic amines is 1. The molecule has 2 aromatic rings. The van der Waals surface area contributed by atoms with Crippen molar-refractivity contribution in [3.8, 4) is 0 Å². The molecule has 1 heterocycles. The SMILES string of the molecule is Cc1c(CCNC(=O)CN(C)C=O)[nH]c2ccccc12. The number of carbonyl (C=O) groups is 2. The molecule has 1 aromatic heterocycles. The molecule has 0 saturated carbocycles. The van der Waals surface area contributed by atoms with Crippen LogP contribution in [0.2, 0.25) is 0 Å². The minimum Gasteiger partial charge on any atom is -0.358 e. The third-order valence-electron chi connectivity index (χ3n) is 3.34. The number of likely N-dealkylation sites (N-methyl/N-ethyl adjacent to an activating group) is 1. The Morgan fingerprint density at radius 2 is 2.15 bits per heavy atom. The van der Waals surface area contributed by atoms with Gasteiger partial charge in [-0.05, 0) is 18.6 Å². The number of fused-ring (bicyclic) bond motifs is 1. The van der Waals surface area contributed by atoms with Gasteiger partial charge in [0.1, 0.15) is 0 Å². The first kappa shape index (κ1) is 14.1. The van der Waals surface area contributed by atoms with Crippen molar-refractivity contribution in [1.82, 2.24) is 15.2 Å². The van der Waals surface area contributed by atoms with E-state index in [1.807, 2.05) is 18.2 Å². The van der Waals surface area contributed by atoms with Gasteiger partial charge in [0.25, 0.3) is 0 Å². The van der Waals surface area contributed by atoms with Crippen molar-refractivity contribution in [2.75, 3.05) is 20.1 Å². The Morgan fingerprint density at radius 1 is 1.40 bits per heavy atom. The molecule has 0 unspecified atom stereocenters. The molecule has 0 aliphatic carbocycles. The van der Waals surface area contributed by atoms with E-state index in [1.54, 1.807) is 7.05 Å². The molecule has 1 aromatic carbocycles. The first-order valence-electron chi connectivity index (χ1n) is 6.60. The van der Waals surface area contributed by atoms with E-state index in [0.29, 0.717) is 13.0 Å². The second kappa shape index (κ2) is 6.23. The maximum Gasteiger partial charge on any atom is 0.239 e. The number of aromatic nitrogens is 1. The van der Waals surface area contributed by atoms with Crippen LogP contribution in [-0.4, -0.2) is 42.3 Å². The van der Waals surface area contributed by atoms with Gasteiger partial charge in [0.15, 0.2) is 0 Å². The van der Waals surface area contributed by atoms with Gasteiger partial charge in [-0.25, -0.2) is 0 Å². The van der Waals surface area contributed by atoms with Crippen molar-refractivity contribution in [3.63, 3.8) is 0 Å². The molecule has 2 N–H and O–H groups in total. The second-order valence-electron chi connectivity index (χ2n) is 4.89. The number of aryl methyl sites for hydroxylation is 1. The molecule has 0 radical (unpaired) electrons. The predicted octanol–water partition coefficient (Wildman–Crippen LogP) is 1.22. The average molecular weight is 273 g/mol. The summed E-state index contributed by atoms with van der Waals surface area (Å²) in [6.45, 7) is 2.73. The largest absolute Gasteiger partial charge is 0.358 e. The number of nitrogens with one attached hydrogen (secondary N) is 2. The number of rotatable bonds is 6. The number of carbonyl (C=O) groups excluding carboxylic acids is 2. The molecular formula is C15H19N3O2. The summed E-state index contributed by atoms with van der Waals surface area (Å²) in [6.07, 6.45) is 1.39. The first-order chi connectivity index (χ1) is 9.61. The molecule has 0 aliphatic heterocycles. The van der Waals surface area contributed by atoms with Crippen LogP contribution in [0.1, 0.15) is 11.3 Å². The Balaban J connectivity index is 1.91. The van der Waals surface area contributed by atoms with Crippen molar-refractivity contribution in [2.24, 2.45) is 0 Å². The van der Waals surface area contributed by atoms with E-state index in [2.05, 4.69) is 23.3 Å². The summed E-state index contributed by atoms with van der Waals surface area (Å²) in [4.78, 5) is 26.6. The molecule has 5 heteroatoms. The Kier molecular flexibility index (Phi) is 4.40. The number of benzene rings is 1. The Hall–Kier alpha value is -2.30. The minimum atomic E-state index is -0.145. The molecule has 20 heavy (non-hydrogen) atoms. The molecule has 0 aliphatic rings. The fourth-order valence-corrected chi connectivity index (χ4v) is 2.23. The molecule has 0 spiro atoms. The lowest BCUT2D eigenvalue weighted by Crippen LogP contribution is -2.35. The summed E-state index contributed by atoms with van der Waals surface area (Å²) in [7, 11) is 1.58. The average Bonchev–Trinajstić information content (AvgIpc) is 2.76. The Labute approximate surface area is 118 Å². The lowest BCUT2D eigenvalue weighted by Gasteiger charge is -2.10. The summed E-state index contributed by atoms with van der Waals surface area (Å²) in [5.74, 6) is -0.145. The zero-order valence-corrected chi connectivity index (χ0v) is 11.8. The quantitative estimate of drug-likeness (QED) is 0.777. The smallest absolute Gasteiger partial charge is 0.239 e. The monoisotopic (exact) mass is 273 g/mol. The first-order valence-corrected chi connectivity index (χ1v) is 6.60. The fourth-order valence-electron chi connectivity index (χ4n) is 2.23. The number of hydrogen-bond acceptors (Lipinski definition) is 2. The topological polar surface area (TPSA) is 65.2 Å². The van der Waals surface area contributed by atoms with Gasteiger partial charge in [0.2, 0.25) is 12.3 Å². The van der Waals surface area contributed by atoms with E-state index in [1.165, 1.54) is 15.8 Å². The molecule has 0 fully saturated rings. The highest BCUT2D eigenvalue weighted by Gasteiger charge is 2.08. The van der Waals surface area contributed by atoms with Gasteiger partial charge < -0.3 is 15.2 Å².